The molecule has 1 aliphatic heterocycles. The van der Waals surface area contributed by atoms with Gasteiger partial charge in [-0.3, -0.25) is 10.2 Å². The summed E-state index contributed by atoms with van der Waals surface area (Å²) in [4.78, 5) is 22.3. The molecule has 0 bridgehead atoms. The summed E-state index contributed by atoms with van der Waals surface area (Å²) >= 11 is 0.831. The van der Waals surface area contributed by atoms with Gasteiger partial charge in [0, 0.05) is 6.08 Å². The summed E-state index contributed by atoms with van der Waals surface area (Å²) in [5.41, 5.74) is 0. The fraction of sp³-hybridized carbons (Fsp3) is 0.286. The van der Waals surface area contributed by atoms with E-state index in [1.165, 1.54) is 0 Å². The summed E-state index contributed by atoms with van der Waals surface area (Å²) in [7, 11) is 0. The number of amidine groups is 1. The van der Waals surface area contributed by atoms with Crippen molar-refractivity contribution in [1.82, 2.24) is 5.01 Å². The number of hydrogen-bond acceptors (Lipinski definition) is 6. The third-order valence-electron chi connectivity index (χ3n) is 1.39. The molecule has 1 aliphatic rings. The van der Waals surface area contributed by atoms with Gasteiger partial charge in [0.1, 0.15) is 0 Å². The van der Waals surface area contributed by atoms with Crippen LogP contribution in [0.5, 0.6) is 0 Å². The van der Waals surface area contributed by atoms with E-state index in [-0.39, 0.29) is 16.7 Å². The van der Waals surface area contributed by atoms with Crippen LogP contribution in [0.1, 0.15) is 6.92 Å². The van der Waals surface area contributed by atoms with Gasteiger partial charge < -0.3 is 4.74 Å². The summed E-state index contributed by atoms with van der Waals surface area (Å²) in [6.07, 6.45) is 1.04. The van der Waals surface area contributed by atoms with Gasteiger partial charge in [0.15, 0.2) is 5.17 Å². The van der Waals surface area contributed by atoms with E-state index in [1.807, 2.05) is 0 Å². The van der Waals surface area contributed by atoms with E-state index in [0.717, 1.165) is 17.8 Å². The molecule has 1 heterocycles. The first kappa shape index (κ1) is 10.7. The van der Waals surface area contributed by atoms with E-state index in [9.17, 15) is 9.59 Å². The average molecular weight is 215 g/mol. The summed E-state index contributed by atoms with van der Waals surface area (Å²) < 4.78 is 4.61. The second-order valence-electron chi connectivity index (χ2n) is 2.34. The minimum absolute atomic E-state index is 0.106. The molecule has 0 radical (unpaired) electrons. The van der Waals surface area contributed by atoms with Gasteiger partial charge in [0.2, 0.25) is 0 Å². The molecular weight excluding hydrogens is 206 g/mol. The largest absolute Gasteiger partial charge is 0.463 e. The van der Waals surface area contributed by atoms with E-state index in [0.29, 0.717) is 5.01 Å². The van der Waals surface area contributed by atoms with E-state index < -0.39 is 11.9 Å². The zero-order chi connectivity index (χ0) is 10.7. The van der Waals surface area contributed by atoms with Gasteiger partial charge in [0.25, 0.3) is 5.91 Å². The Labute approximate surface area is 84.5 Å². The number of thioether (sulfide) groups is 1. The van der Waals surface area contributed by atoms with Crippen LogP contribution in [0.4, 0.5) is 0 Å². The molecule has 3 N–H and O–H groups in total. The topological polar surface area (TPSA) is 96.5 Å². The van der Waals surface area contributed by atoms with Crippen LogP contribution in [0.2, 0.25) is 0 Å². The zero-order valence-corrected chi connectivity index (χ0v) is 8.26. The number of rotatable bonds is 2. The highest BCUT2D eigenvalue weighted by Crippen LogP contribution is 2.27. The number of amides is 1. The van der Waals surface area contributed by atoms with Gasteiger partial charge in [-0.25, -0.2) is 15.6 Å². The summed E-state index contributed by atoms with van der Waals surface area (Å²) in [6, 6.07) is 0. The molecule has 0 aromatic heterocycles. The SMILES string of the molecule is CCOC(=O)/C=C1/SC(=N)N(N)C1=O. The van der Waals surface area contributed by atoms with Crippen LogP contribution in [0.25, 0.3) is 0 Å². The van der Waals surface area contributed by atoms with Crippen molar-refractivity contribution < 1.29 is 14.3 Å². The van der Waals surface area contributed by atoms with Crippen LogP contribution in [-0.4, -0.2) is 28.7 Å². The number of nitrogens with zero attached hydrogens (tertiary/aromatic N) is 1. The Kier molecular flexibility index (Phi) is 3.26. The van der Waals surface area contributed by atoms with E-state index in [2.05, 4.69) is 4.74 Å². The molecule has 0 aromatic rings. The molecule has 0 aromatic carbocycles. The molecule has 1 fully saturated rings. The van der Waals surface area contributed by atoms with Gasteiger partial charge in [-0.15, -0.1) is 0 Å². The number of hydrazine groups is 1. The highest BCUT2D eigenvalue weighted by atomic mass is 32.2. The fourth-order valence-electron chi connectivity index (χ4n) is 0.790. The number of esters is 1. The molecule has 1 saturated heterocycles. The summed E-state index contributed by atoms with van der Waals surface area (Å²) in [5, 5.41) is 7.78. The number of nitrogens with one attached hydrogen (secondary N) is 1. The highest BCUT2D eigenvalue weighted by molar-refractivity contribution is 8.18. The molecule has 1 amide bonds. The van der Waals surface area contributed by atoms with Crippen LogP contribution in [0, 0.1) is 5.41 Å². The smallest absolute Gasteiger partial charge is 0.332 e. The van der Waals surface area contributed by atoms with Crippen molar-refractivity contribution in [1.29, 1.82) is 5.41 Å². The molecular formula is C7H9N3O3S. The van der Waals surface area contributed by atoms with Gasteiger partial charge in [-0.2, -0.15) is 0 Å². The van der Waals surface area contributed by atoms with Crippen LogP contribution < -0.4 is 5.84 Å². The molecule has 0 saturated carbocycles. The van der Waals surface area contributed by atoms with Crippen molar-refractivity contribution in [2.45, 2.75) is 6.92 Å². The first-order valence-electron chi connectivity index (χ1n) is 3.80. The quantitative estimate of drug-likeness (QED) is 0.288. The minimum Gasteiger partial charge on any atom is -0.463 e. The third kappa shape index (κ3) is 2.12. The first-order chi connectivity index (χ1) is 6.56. The molecule has 0 spiro atoms. The average Bonchev–Trinajstić information content (AvgIpc) is 2.34. The molecule has 1 rings (SSSR count). The molecule has 0 aliphatic carbocycles. The Morgan fingerprint density at radius 3 is 2.86 bits per heavy atom. The third-order valence-corrected chi connectivity index (χ3v) is 2.29. The molecule has 6 nitrogen and oxygen atoms in total. The zero-order valence-electron chi connectivity index (χ0n) is 7.44. The lowest BCUT2D eigenvalue weighted by atomic mass is 10.4. The molecule has 76 valence electrons. The standard InChI is InChI=1S/C7H9N3O3S/c1-2-13-5(11)3-4-6(12)10(9)7(8)14-4/h3,8H,2,9H2,1H3/b4-3+,8-7?. The van der Waals surface area contributed by atoms with Crippen molar-refractivity contribution in [3.05, 3.63) is 11.0 Å². The Balaban J connectivity index is 2.76. The molecule has 14 heavy (non-hydrogen) atoms. The lowest BCUT2D eigenvalue weighted by Crippen LogP contribution is -2.35. The fourth-order valence-corrected chi connectivity index (χ4v) is 1.52. The van der Waals surface area contributed by atoms with E-state index in [4.69, 9.17) is 11.3 Å². The van der Waals surface area contributed by atoms with Crippen LogP contribution >= 0.6 is 11.8 Å². The number of carbonyl (C=O) groups is 2. The Morgan fingerprint density at radius 1 is 1.79 bits per heavy atom. The number of carbonyl (C=O) groups excluding carboxylic acids is 2. The minimum atomic E-state index is -0.605. The Bertz CT molecular complexity index is 326. The highest BCUT2D eigenvalue weighted by Gasteiger charge is 2.30. The van der Waals surface area contributed by atoms with E-state index in [1.54, 1.807) is 6.92 Å². The maximum Gasteiger partial charge on any atom is 0.332 e. The van der Waals surface area contributed by atoms with Gasteiger partial charge in [0.05, 0.1) is 11.5 Å². The van der Waals surface area contributed by atoms with E-state index >= 15 is 0 Å². The Morgan fingerprint density at radius 2 is 2.43 bits per heavy atom. The van der Waals surface area contributed by atoms with Gasteiger partial charge >= 0.3 is 5.97 Å². The maximum absolute atomic E-state index is 11.2. The summed E-state index contributed by atoms with van der Waals surface area (Å²) in [6.45, 7) is 1.91. The van der Waals surface area contributed by atoms with Crippen molar-refractivity contribution in [3.8, 4) is 0 Å². The number of ether oxygens (including phenoxy) is 1. The lowest BCUT2D eigenvalue weighted by molar-refractivity contribution is -0.137. The molecule has 0 unspecified atom stereocenters. The van der Waals surface area contributed by atoms with Crippen molar-refractivity contribution in [2.75, 3.05) is 6.61 Å². The molecule has 0 atom stereocenters. The van der Waals surface area contributed by atoms with Crippen molar-refractivity contribution >= 4 is 28.8 Å². The lowest BCUT2D eigenvalue weighted by Gasteiger charge is -2.02. The normalized spacial score (nSPS) is 19.3. The molecule has 7 heteroatoms. The van der Waals surface area contributed by atoms with Crippen LogP contribution in [0.15, 0.2) is 11.0 Å². The maximum atomic E-state index is 11.2. The van der Waals surface area contributed by atoms with Crippen molar-refractivity contribution in [3.63, 3.8) is 0 Å². The second kappa shape index (κ2) is 4.25. The van der Waals surface area contributed by atoms with Crippen molar-refractivity contribution in [2.24, 2.45) is 5.84 Å². The number of hydrogen-bond donors (Lipinski definition) is 2. The first-order valence-corrected chi connectivity index (χ1v) is 4.62. The Hall–Kier alpha value is -1.34. The predicted octanol–water partition coefficient (Wildman–Crippen LogP) is -0.183. The summed E-state index contributed by atoms with van der Waals surface area (Å²) in [5.74, 6) is 4.04. The number of nitrogens with two attached hydrogens (primary N) is 1. The van der Waals surface area contributed by atoms with Crippen LogP contribution in [0.3, 0.4) is 0 Å². The predicted molar refractivity (Wildman–Crippen MR) is 51.1 cm³/mol. The van der Waals surface area contributed by atoms with Gasteiger partial charge in [-0.05, 0) is 18.7 Å². The van der Waals surface area contributed by atoms with Crippen LogP contribution in [-0.2, 0) is 14.3 Å². The second-order valence-corrected chi connectivity index (χ2v) is 3.37. The van der Waals surface area contributed by atoms with Gasteiger partial charge in [-0.1, -0.05) is 0 Å². The monoisotopic (exact) mass is 215 g/mol.